The minimum Gasteiger partial charge on any atom is -0.497 e. The second kappa shape index (κ2) is 11.5. The van der Waals surface area contributed by atoms with E-state index in [0.717, 1.165) is 29.1 Å². The van der Waals surface area contributed by atoms with Gasteiger partial charge in [-0.15, -0.1) is 0 Å². The Kier molecular flexibility index (Phi) is 10.9. The lowest BCUT2D eigenvalue weighted by Crippen LogP contribution is -2.24. The molecule has 4 nitrogen and oxygen atoms in total. The second-order valence-corrected chi connectivity index (χ2v) is 5.42. The van der Waals surface area contributed by atoms with Crippen molar-refractivity contribution in [3.63, 3.8) is 0 Å². The van der Waals surface area contributed by atoms with E-state index in [4.69, 9.17) is 14.0 Å². The zero-order chi connectivity index (χ0) is 17.1. The van der Waals surface area contributed by atoms with E-state index in [2.05, 4.69) is 40.5 Å². The predicted octanol–water partition coefficient (Wildman–Crippen LogP) is 4.05. The van der Waals surface area contributed by atoms with Crippen LogP contribution in [0.4, 0.5) is 0 Å². The van der Waals surface area contributed by atoms with Gasteiger partial charge in [0, 0.05) is 27.4 Å². The van der Waals surface area contributed by atoms with E-state index in [9.17, 15) is 0 Å². The Morgan fingerprint density at radius 1 is 1.09 bits per heavy atom. The van der Waals surface area contributed by atoms with E-state index in [1.54, 1.807) is 7.11 Å². The molecule has 0 saturated carbocycles. The number of nitrogens with zero attached hydrogens (tertiary/aromatic N) is 1. The highest BCUT2D eigenvalue weighted by Crippen LogP contribution is 2.18. The molecule has 22 heavy (non-hydrogen) atoms. The number of hydrogen-bond acceptors (Lipinski definition) is 4. The van der Waals surface area contributed by atoms with Gasteiger partial charge in [-0.1, -0.05) is 13.2 Å². The van der Waals surface area contributed by atoms with Crippen LogP contribution in [0.3, 0.4) is 0 Å². The van der Waals surface area contributed by atoms with Crippen LogP contribution in [0.5, 0.6) is 0 Å². The molecule has 0 spiro atoms. The third-order valence-electron chi connectivity index (χ3n) is 3.37. The molecule has 1 unspecified atom stereocenters. The summed E-state index contributed by atoms with van der Waals surface area (Å²) in [6, 6.07) is 0. The van der Waals surface area contributed by atoms with Crippen LogP contribution in [0, 0.1) is 0 Å². The lowest BCUT2D eigenvalue weighted by molar-refractivity contribution is 0.0963. The van der Waals surface area contributed by atoms with Crippen molar-refractivity contribution < 1.29 is 14.0 Å². The van der Waals surface area contributed by atoms with E-state index >= 15 is 0 Å². The summed E-state index contributed by atoms with van der Waals surface area (Å²) in [6.07, 6.45) is 2.11. The molecule has 126 valence electrons. The smallest absolute Gasteiger partial charge is 0.114 e. The monoisotopic (exact) mass is 327 g/mol. The number of hydrogen-bond donors (Lipinski definition) is 0. The van der Waals surface area contributed by atoms with Gasteiger partial charge in [0.2, 0.25) is 0 Å². The molecule has 0 aliphatic heterocycles. The van der Waals surface area contributed by atoms with Gasteiger partial charge in [-0.05, 0) is 44.9 Å². The fourth-order valence-corrected chi connectivity index (χ4v) is 2.00. The zero-order valence-electron chi connectivity index (χ0n) is 14.6. The lowest BCUT2D eigenvalue weighted by Gasteiger charge is -2.26. The van der Waals surface area contributed by atoms with E-state index < -0.39 is 0 Å². The van der Waals surface area contributed by atoms with Crippen LogP contribution in [0.1, 0.15) is 27.7 Å². The van der Waals surface area contributed by atoms with Gasteiger partial charge in [-0.25, -0.2) is 0 Å². The van der Waals surface area contributed by atoms with Gasteiger partial charge in [0.15, 0.2) is 0 Å². The van der Waals surface area contributed by atoms with Crippen molar-refractivity contribution in [3.05, 3.63) is 47.5 Å². The summed E-state index contributed by atoms with van der Waals surface area (Å²) in [5.41, 5.74) is 4.25. The molecule has 0 rings (SSSR count). The molecule has 0 aromatic rings. The Morgan fingerprint density at radius 3 is 2.23 bits per heavy atom. The lowest BCUT2D eigenvalue weighted by atomic mass is 10.1. The first-order valence-corrected chi connectivity index (χ1v) is 7.73. The molecule has 0 aliphatic carbocycles. The van der Waals surface area contributed by atoms with E-state index in [1.165, 1.54) is 0 Å². The first-order valence-electron chi connectivity index (χ1n) is 7.26. The predicted molar refractivity (Wildman–Crippen MR) is 96.3 cm³/mol. The maximum atomic E-state index is 5.52. The topological polar surface area (TPSA) is 30.9 Å². The standard InChI is InChI=1S/C17H30NO3P/c1-13(2)18(8-9-20-10-11-21-22)15(4)12-14(3)16(5)17(6)19-7/h12H,1,6,8-11,22H2,2-5,7H3/b15-12-,16-14+. The minimum absolute atomic E-state index is 0.576. The number of ether oxygens (including phenoxy) is 2. The molecule has 0 N–H and O–H groups in total. The third-order valence-corrected chi connectivity index (χ3v) is 3.61. The summed E-state index contributed by atoms with van der Waals surface area (Å²) in [4.78, 5) is 2.13. The minimum atomic E-state index is 0.576. The molecule has 0 bridgehead atoms. The molecule has 5 heteroatoms. The summed E-state index contributed by atoms with van der Waals surface area (Å²) in [5.74, 6) is 0.684. The van der Waals surface area contributed by atoms with E-state index in [1.807, 2.05) is 20.8 Å². The first kappa shape index (κ1) is 20.9. The SMILES string of the molecule is C=C(OC)/C(C)=C(C)/C=C(/C)N(CCOCCOP)C(=C)C. The fourth-order valence-electron chi connectivity index (χ4n) is 1.91. The maximum absolute atomic E-state index is 5.52. The molecule has 1 atom stereocenters. The van der Waals surface area contributed by atoms with Crippen molar-refractivity contribution in [1.82, 2.24) is 4.90 Å². The largest absolute Gasteiger partial charge is 0.497 e. The Balaban J connectivity index is 4.84. The summed E-state index contributed by atoms with van der Waals surface area (Å²) in [7, 11) is 3.85. The number of allylic oxidation sites excluding steroid dienone is 5. The van der Waals surface area contributed by atoms with E-state index in [-0.39, 0.29) is 0 Å². The van der Waals surface area contributed by atoms with Crippen LogP contribution >= 0.6 is 9.47 Å². The van der Waals surface area contributed by atoms with Crippen molar-refractivity contribution in [2.45, 2.75) is 27.7 Å². The van der Waals surface area contributed by atoms with Crippen LogP contribution in [-0.4, -0.2) is 38.4 Å². The summed E-state index contributed by atoms with van der Waals surface area (Å²) in [5, 5.41) is 0. The number of methoxy groups -OCH3 is 1. The highest BCUT2D eigenvalue weighted by atomic mass is 31.0. The molecular formula is C17H30NO3P. The van der Waals surface area contributed by atoms with Gasteiger partial charge in [-0.2, -0.15) is 0 Å². The fraction of sp³-hybridized carbons (Fsp3) is 0.529. The molecule has 0 aromatic carbocycles. The Hall–Kier alpha value is -1.09. The number of rotatable bonds is 11. The van der Waals surface area contributed by atoms with Crippen molar-refractivity contribution in [3.8, 4) is 0 Å². The van der Waals surface area contributed by atoms with Crippen LogP contribution < -0.4 is 0 Å². The quantitative estimate of drug-likeness (QED) is 0.248. The van der Waals surface area contributed by atoms with Crippen molar-refractivity contribution in [2.75, 3.05) is 33.5 Å². The van der Waals surface area contributed by atoms with Crippen LogP contribution in [-0.2, 0) is 14.0 Å². The molecule has 0 saturated heterocycles. The Bertz CT molecular complexity index is 441. The second-order valence-electron chi connectivity index (χ2n) is 5.09. The third kappa shape index (κ3) is 7.79. The zero-order valence-corrected chi connectivity index (χ0v) is 15.7. The molecule has 0 fully saturated rings. The molecular weight excluding hydrogens is 297 g/mol. The highest BCUT2D eigenvalue weighted by Gasteiger charge is 2.08. The van der Waals surface area contributed by atoms with Gasteiger partial charge < -0.3 is 18.9 Å². The molecule has 0 aliphatic rings. The molecule has 0 heterocycles. The summed E-state index contributed by atoms with van der Waals surface area (Å²) < 4.78 is 15.6. The van der Waals surface area contributed by atoms with Gasteiger partial charge >= 0.3 is 0 Å². The van der Waals surface area contributed by atoms with Crippen molar-refractivity contribution >= 4 is 9.47 Å². The van der Waals surface area contributed by atoms with Crippen LogP contribution in [0.2, 0.25) is 0 Å². The molecule has 0 radical (unpaired) electrons. The molecule has 0 aromatic heterocycles. The van der Waals surface area contributed by atoms with Crippen LogP contribution in [0.25, 0.3) is 0 Å². The van der Waals surface area contributed by atoms with Crippen molar-refractivity contribution in [2.24, 2.45) is 0 Å². The molecule has 0 amide bonds. The highest BCUT2D eigenvalue weighted by molar-refractivity contribution is 7.09. The Morgan fingerprint density at radius 2 is 1.73 bits per heavy atom. The summed E-state index contributed by atoms with van der Waals surface area (Å²) in [6.45, 7) is 18.6. The first-order chi connectivity index (χ1) is 10.3. The van der Waals surface area contributed by atoms with E-state index in [0.29, 0.717) is 25.6 Å². The van der Waals surface area contributed by atoms with Crippen molar-refractivity contribution in [1.29, 1.82) is 0 Å². The van der Waals surface area contributed by atoms with Gasteiger partial charge in [0.25, 0.3) is 0 Å². The van der Waals surface area contributed by atoms with Crippen LogP contribution in [0.15, 0.2) is 47.5 Å². The van der Waals surface area contributed by atoms with Gasteiger partial charge in [0.1, 0.15) is 5.76 Å². The maximum Gasteiger partial charge on any atom is 0.114 e. The summed E-state index contributed by atoms with van der Waals surface area (Å²) >= 11 is 0. The normalized spacial score (nSPS) is 12.7. The Labute approximate surface area is 137 Å². The average Bonchev–Trinajstić information content (AvgIpc) is 2.48. The van der Waals surface area contributed by atoms with Gasteiger partial charge in [-0.3, -0.25) is 0 Å². The average molecular weight is 327 g/mol. The van der Waals surface area contributed by atoms with Gasteiger partial charge in [0.05, 0.1) is 26.9 Å².